The number of rotatable bonds is 6. The van der Waals surface area contributed by atoms with Gasteiger partial charge < -0.3 is 14.7 Å². The standard InChI is InChI=1S/C24H21N3O4/c1-14(2)23(24(29)30)22-12-19(27-31-22)16-9-7-15(8-10-16)17-11-20(26-25-13-17)18-5-3-4-6-21(18)28/h3-14,23,28H,1-2H3,(H,29,30). The second-order valence-corrected chi connectivity index (χ2v) is 7.60. The molecule has 2 aromatic heterocycles. The molecule has 31 heavy (non-hydrogen) atoms. The summed E-state index contributed by atoms with van der Waals surface area (Å²) in [5.41, 5.74) is 4.36. The van der Waals surface area contributed by atoms with Crippen molar-refractivity contribution >= 4 is 5.97 Å². The predicted octanol–water partition coefficient (Wildman–Crippen LogP) is 5.00. The second-order valence-electron chi connectivity index (χ2n) is 7.60. The maximum Gasteiger partial charge on any atom is 0.314 e. The first-order chi connectivity index (χ1) is 14.9. The largest absolute Gasteiger partial charge is 0.507 e. The summed E-state index contributed by atoms with van der Waals surface area (Å²) in [6, 6.07) is 18.2. The summed E-state index contributed by atoms with van der Waals surface area (Å²) in [5.74, 6) is -1.30. The van der Waals surface area contributed by atoms with Crippen LogP contribution in [0, 0.1) is 5.92 Å². The predicted molar refractivity (Wildman–Crippen MR) is 115 cm³/mol. The number of aromatic hydroxyl groups is 1. The van der Waals surface area contributed by atoms with Crippen LogP contribution in [0.2, 0.25) is 0 Å². The smallest absolute Gasteiger partial charge is 0.314 e. The molecule has 7 nitrogen and oxygen atoms in total. The molecule has 0 aliphatic rings. The summed E-state index contributed by atoms with van der Waals surface area (Å²) in [6.07, 6.45) is 1.66. The van der Waals surface area contributed by atoms with Crippen LogP contribution in [0.25, 0.3) is 33.6 Å². The number of aromatic nitrogens is 3. The van der Waals surface area contributed by atoms with Crippen molar-refractivity contribution in [1.82, 2.24) is 15.4 Å². The van der Waals surface area contributed by atoms with Crippen LogP contribution in [0.4, 0.5) is 0 Å². The molecule has 2 aromatic carbocycles. The van der Waals surface area contributed by atoms with E-state index in [4.69, 9.17) is 4.52 Å². The van der Waals surface area contributed by atoms with Crippen LogP contribution in [0.1, 0.15) is 25.5 Å². The zero-order valence-electron chi connectivity index (χ0n) is 17.1. The Hall–Kier alpha value is -4.00. The third-order valence-corrected chi connectivity index (χ3v) is 5.12. The zero-order chi connectivity index (χ0) is 22.0. The van der Waals surface area contributed by atoms with Gasteiger partial charge in [0, 0.05) is 22.8 Å². The van der Waals surface area contributed by atoms with Crippen LogP contribution >= 0.6 is 0 Å². The van der Waals surface area contributed by atoms with Crippen molar-refractivity contribution in [3.8, 4) is 39.4 Å². The van der Waals surface area contributed by atoms with Crippen LogP contribution in [0.5, 0.6) is 5.75 Å². The van der Waals surface area contributed by atoms with Gasteiger partial charge in [-0.2, -0.15) is 10.2 Å². The molecule has 0 aliphatic heterocycles. The molecule has 2 heterocycles. The van der Waals surface area contributed by atoms with Crippen molar-refractivity contribution in [2.75, 3.05) is 0 Å². The number of hydrogen-bond acceptors (Lipinski definition) is 6. The number of phenols is 1. The average molecular weight is 415 g/mol. The number of nitrogens with zero attached hydrogens (tertiary/aromatic N) is 3. The van der Waals surface area contributed by atoms with Gasteiger partial charge in [-0.3, -0.25) is 4.79 Å². The molecule has 0 bridgehead atoms. The fraction of sp³-hybridized carbons (Fsp3) is 0.167. The lowest BCUT2D eigenvalue weighted by atomic mass is 9.93. The van der Waals surface area contributed by atoms with E-state index in [1.165, 1.54) is 0 Å². The Morgan fingerprint density at radius 3 is 2.32 bits per heavy atom. The molecule has 0 aliphatic carbocycles. The maximum atomic E-state index is 11.5. The Balaban J connectivity index is 1.61. The van der Waals surface area contributed by atoms with E-state index < -0.39 is 11.9 Å². The first-order valence-electron chi connectivity index (χ1n) is 9.85. The number of carboxylic acid groups (broad SMARTS) is 1. The Morgan fingerprint density at radius 2 is 1.65 bits per heavy atom. The first kappa shape index (κ1) is 20.3. The summed E-state index contributed by atoms with van der Waals surface area (Å²) in [4.78, 5) is 11.5. The SMILES string of the molecule is CC(C)C(C(=O)O)c1cc(-c2ccc(-c3cnnc(-c4ccccc4O)c3)cc2)no1. The van der Waals surface area contributed by atoms with E-state index in [1.54, 1.807) is 30.5 Å². The fourth-order valence-electron chi connectivity index (χ4n) is 3.49. The molecule has 2 N–H and O–H groups in total. The van der Waals surface area contributed by atoms with Crippen molar-refractivity contribution in [3.63, 3.8) is 0 Å². The molecule has 4 rings (SSSR count). The monoisotopic (exact) mass is 415 g/mol. The van der Waals surface area contributed by atoms with Crippen LogP contribution in [-0.2, 0) is 4.79 Å². The maximum absolute atomic E-state index is 11.5. The number of benzene rings is 2. The molecule has 0 fully saturated rings. The van der Waals surface area contributed by atoms with Gasteiger partial charge in [0.2, 0.25) is 0 Å². The normalized spacial score (nSPS) is 12.1. The van der Waals surface area contributed by atoms with E-state index in [0.717, 1.165) is 16.7 Å². The molecule has 0 spiro atoms. The van der Waals surface area contributed by atoms with Gasteiger partial charge >= 0.3 is 5.97 Å². The minimum atomic E-state index is -0.932. The summed E-state index contributed by atoms with van der Waals surface area (Å²) in [6.45, 7) is 3.67. The fourth-order valence-corrected chi connectivity index (χ4v) is 3.49. The molecule has 156 valence electrons. The summed E-state index contributed by atoms with van der Waals surface area (Å²) < 4.78 is 5.32. The molecule has 7 heteroatoms. The number of carboxylic acids is 1. The summed E-state index contributed by atoms with van der Waals surface area (Å²) in [7, 11) is 0. The van der Waals surface area contributed by atoms with Crippen LogP contribution in [-0.4, -0.2) is 31.5 Å². The first-order valence-corrected chi connectivity index (χ1v) is 9.85. The van der Waals surface area contributed by atoms with E-state index in [2.05, 4.69) is 15.4 Å². The van der Waals surface area contributed by atoms with Gasteiger partial charge in [0.05, 0.1) is 11.9 Å². The summed E-state index contributed by atoms with van der Waals surface area (Å²) in [5, 5.41) is 31.8. The van der Waals surface area contributed by atoms with E-state index in [1.807, 2.05) is 50.2 Å². The van der Waals surface area contributed by atoms with Crippen molar-refractivity contribution in [2.45, 2.75) is 19.8 Å². The third kappa shape index (κ3) is 4.16. The number of aliphatic carboxylic acids is 1. The van der Waals surface area contributed by atoms with Crippen LogP contribution in [0.15, 0.2) is 71.4 Å². The number of hydrogen-bond donors (Lipinski definition) is 2. The summed E-state index contributed by atoms with van der Waals surface area (Å²) >= 11 is 0. The average Bonchev–Trinajstić information content (AvgIpc) is 3.23. The molecule has 0 radical (unpaired) electrons. The molecule has 1 unspecified atom stereocenters. The Bertz CT molecular complexity index is 1220. The number of para-hydroxylation sites is 1. The Morgan fingerprint density at radius 1 is 0.935 bits per heavy atom. The number of carbonyl (C=O) groups is 1. The third-order valence-electron chi connectivity index (χ3n) is 5.12. The van der Waals surface area contributed by atoms with Gasteiger partial charge in [-0.05, 0) is 29.7 Å². The molecule has 0 saturated carbocycles. The van der Waals surface area contributed by atoms with Gasteiger partial charge in [-0.25, -0.2) is 0 Å². The van der Waals surface area contributed by atoms with Crippen molar-refractivity contribution < 1.29 is 19.5 Å². The Kier molecular flexibility index (Phi) is 5.49. The lowest BCUT2D eigenvalue weighted by molar-refractivity contribution is -0.140. The minimum absolute atomic E-state index is 0.113. The highest BCUT2D eigenvalue weighted by Gasteiger charge is 2.28. The van der Waals surface area contributed by atoms with Gasteiger partial charge in [-0.15, -0.1) is 0 Å². The quantitative estimate of drug-likeness (QED) is 0.456. The highest BCUT2D eigenvalue weighted by molar-refractivity contribution is 5.77. The molecule has 4 aromatic rings. The van der Waals surface area contributed by atoms with E-state index in [9.17, 15) is 15.0 Å². The number of phenolic OH excluding ortho intramolecular Hbond substituents is 1. The minimum Gasteiger partial charge on any atom is -0.507 e. The second kappa shape index (κ2) is 8.39. The van der Waals surface area contributed by atoms with Gasteiger partial charge in [0.1, 0.15) is 17.4 Å². The van der Waals surface area contributed by atoms with Crippen molar-refractivity contribution in [3.05, 3.63) is 72.6 Å². The Labute approximate surface area is 179 Å². The topological polar surface area (TPSA) is 109 Å². The van der Waals surface area contributed by atoms with Crippen LogP contribution < -0.4 is 0 Å². The van der Waals surface area contributed by atoms with Crippen molar-refractivity contribution in [2.24, 2.45) is 5.92 Å². The van der Waals surface area contributed by atoms with E-state index in [-0.39, 0.29) is 11.7 Å². The molecule has 1 atom stereocenters. The van der Waals surface area contributed by atoms with Gasteiger partial charge in [0.25, 0.3) is 0 Å². The molecule has 0 amide bonds. The molecule has 0 saturated heterocycles. The zero-order valence-corrected chi connectivity index (χ0v) is 17.1. The van der Waals surface area contributed by atoms with Gasteiger partial charge in [0.15, 0.2) is 5.76 Å². The van der Waals surface area contributed by atoms with Crippen LogP contribution in [0.3, 0.4) is 0 Å². The lowest BCUT2D eigenvalue weighted by Crippen LogP contribution is -2.16. The lowest BCUT2D eigenvalue weighted by Gasteiger charge is -2.11. The molecular weight excluding hydrogens is 394 g/mol. The van der Waals surface area contributed by atoms with Gasteiger partial charge in [-0.1, -0.05) is 55.4 Å². The highest BCUT2D eigenvalue weighted by Crippen LogP contribution is 2.32. The van der Waals surface area contributed by atoms with E-state index in [0.29, 0.717) is 22.7 Å². The van der Waals surface area contributed by atoms with E-state index >= 15 is 0 Å². The van der Waals surface area contributed by atoms with Crippen molar-refractivity contribution in [1.29, 1.82) is 0 Å². The molecular formula is C24H21N3O4. The highest BCUT2D eigenvalue weighted by atomic mass is 16.5.